The molecule has 0 aliphatic carbocycles. The van der Waals surface area contributed by atoms with Crippen LogP contribution in [0, 0.1) is 0 Å². The summed E-state index contributed by atoms with van der Waals surface area (Å²) < 4.78 is 1.70. The van der Waals surface area contributed by atoms with Crippen molar-refractivity contribution < 1.29 is 4.79 Å². The van der Waals surface area contributed by atoms with Gasteiger partial charge in [0.1, 0.15) is 0 Å². The Balaban J connectivity index is 1.70. The van der Waals surface area contributed by atoms with Crippen LogP contribution in [-0.2, 0) is 11.3 Å². The number of hydrogen-bond acceptors (Lipinski definition) is 4. The number of carbonyl (C=O) groups is 1. The maximum Gasteiger partial charge on any atom is 0.225 e. The van der Waals surface area contributed by atoms with E-state index in [-0.39, 0.29) is 11.9 Å². The number of likely N-dealkylation sites (N-methyl/N-ethyl adjacent to an activating group) is 1. The molecule has 2 heterocycles. The molecule has 1 aliphatic rings. The van der Waals surface area contributed by atoms with E-state index in [1.165, 1.54) is 5.56 Å². The number of aromatic nitrogens is 3. The summed E-state index contributed by atoms with van der Waals surface area (Å²) in [5.74, 6) is 0.178. The van der Waals surface area contributed by atoms with Crippen LogP contribution in [0.3, 0.4) is 0 Å². The Labute approximate surface area is 130 Å². The van der Waals surface area contributed by atoms with Crippen molar-refractivity contribution >= 4 is 5.91 Å². The normalized spacial score (nSPS) is 19.3. The molecule has 6 heteroatoms. The van der Waals surface area contributed by atoms with Gasteiger partial charge in [0.2, 0.25) is 5.91 Å². The molecule has 0 radical (unpaired) electrons. The van der Waals surface area contributed by atoms with Crippen LogP contribution in [0.25, 0.3) is 0 Å². The molecular formula is C16H21N5O. The molecule has 1 unspecified atom stereocenters. The van der Waals surface area contributed by atoms with Gasteiger partial charge in [-0.25, -0.2) is 0 Å². The van der Waals surface area contributed by atoms with Gasteiger partial charge in [-0.3, -0.25) is 9.48 Å². The molecule has 0 bridgehead atoms. The van der Waals surface area contributed by atoms with Crippen LogP contribution < -0.4 is 0 Å². The van der Waals surface area contributed by atoms with Gasteiger partial charge in [0.15, 0.2) is 0 Å². The van der Waals surface area contributed by atoms with E-state index in [0.717, 1.165) is 19.6 Å². The average Bonchev–Trinajstić information content (AvgIpc) is 3.07. The van der Waals surface area contributed by atoms with E-state index in [1.807, 2.05) is 23.1 Å². The third-order valence-corrected chi connectivity index (χ3v) is 4.11. The van der Waals surface area contributed by atoms with Crippen molar-refractivity contribution in [3.63, 3.8) is 0 Å². The number of nitrogens with zero attached hydrogens (tertiary/aromatic N) is 5. The Morgan fingerprint density at radius 1 is 1.27 bits per heavy atom. The summed E-state index contributed by atoms with van der Waals surface area (Å²) in [6.07, 6.45) is 3.87. The Kier molecular flexibility index (Phi) is 4.48. The fourth-order valence-corrected chi connectivity index (χ4v) is 2.88. The van der Waals surface area contributed by atoms with E-state index in [2.05, 4.69) is 34.4 Å². The molecule has 6 nitrogen and oxygen atoms in total. The second-order valence-corrected chi connectivity index (χ2v) is 5.69. The zero-order valence-corrected chi connectivity index (χ0v) is 12.8. The van der Waals surface area contributed by atoms with Crippen molar-refractivity contribution in [1.82, 2.24) is 24.8 Å². The van der Waals surface area contributed by atoms with Gasteiger partial charge in [0, 0.05) is 32.3 Å². The maximum atomic E-state index is 12.6. The van der Waals surface area contributed by atoms with E-state index in [0.29, 0.717) is 13.0 Å². The van der Waals surface area contributed by atoms with Crippen molar-refractivity contribution in [2.45, 2.75) is 19.0 Å². The smallest absolute Gasteiger partial charge is 0.225 e. The summed E-state index contributed by atoms with van der Waals surface area (Å²) in [5.41, 5.74) is 1.20. The highest BCUT2D eigenvalue weighted by atomic mass is 16.2. The Morgan fingerprint density at radius 2 is 2.09 bits per heavy atom. The Bertz CT molecular complexity index is 598. The molecule has 1 atom stereocenters. The summed E-state index contributed by atoms with van der Waals surface area (Å²) in [7, 11) is 2.10. The third kappa shape index (κ3) is 3.33. The molecule has 1 amide bonds. The number of carbonyl (C=O) groups excluding carboxylic acids is 1. The van der Waals surface area contributed by atoms with Gasteiger partial charge in [-0.2, -0.15) is 0 Å². The first-order chi connectivity index (χ1) is 10.7. The lowest BCUT2D eigenvalue weighted by Gasteiger charge is -2.40. The van der Waals surface area contributed by atoms with Crippen molar-refractivity contribution in [3.05, 3.63) is 48.3 Å². The van der Waals surface area contributed by atoms with Gasteiger partial charge < -0.3 is 9.80 Å². The van der Waals surface area contributed by atoms with E-state index in [4.69, 9.17) is 0 Å². The SMILES string of the molecule is CN1CCN(C(=O)CCn2ccnn2)C(c2ccccc2)C1. The van der Waals surface area contributed by atoms with Gasteiger partial charge in [-0.15, -0.1) is 5.10 Å². The van der Waals surface area contributed by atoms with Gasteiger partial charge in [-0.1, -0.05) is 35.5 Å². The fourth-order valence-electron chi connectivity index (χ4n) is 2.88. The van der Waals surface area contributed by atoms with Crippen molar-refractivity contribution in [2.24, 2.45) is 0 Å². The average molecular weight is 299 g/mol. The molecule has 2 aromatic rings. The van der Waals surface area contributed by atoms with Gasteiger partial charge in [0.25, 0.3) is 0 Å². The summed E-state index contributed by atoms with van der Waals surface area (Å²) in [6, 6.07) is 10.4. The highest BCUT2D eigenvalue weighted by Gasteiger charge is 2.29. The number of rotatable bonds is 4. The lowest BCUT2D eigenvalue weighted by atomic mass is 10.0. The minimum atomic E-state index is 0.128. The predicted octanol–water partition coefficient (Wildman–Crippen LogP) is 1.18. The van der Waals surface area contributed by atoms with Crippen molar-refractivity contribution in [1.29, 1.82) is 0 Å². The van der Waals surface area contributed by atoms with Gasteiger partial charge in [-0.05, 0) is 12.6 Å². The summed E-state index contributed by atoms with van der Waals surface area (Å²) in [4.78, 5) is 16.9. The lowest BCUT2D eigenvalue weighted by molar-refractivity contribution is -0.136. The summed E-state index contributed by atoms with van der Waals surface area (Å²) >= 11 is 0. The quantitative estimate of drug-likeness (QED) is 0.851. The number of benzene rings is 1. The second-order valence-electron chi connectivity index (χ2n) is 5.69. The number of piperazine rings is 1. The summed E-state index contributed by atoms with van der Waals surface area (Å²) in [6.45, 7) is 3.14. The van der Waals surface area contributed by atoms with E-state index >= 15 is 0 Å². The monoisotopic (exact) mass is 299 g/mol. The van der Waals surface area contributed by atoms with Crippen molar-refractivity contribution in [3.8, 4) is 0 Å². The van der Waals surface area contributed by atoms with Gasteiger partial charge in [0.05, 0.1) is 18.8 Å². The lowest BCUT2D eigenvalue weighted by Crippen LogP contribution is -2.49. The molecule has 1 aromatic carbocycles. The fraction of sp³-hybridized carbons (Fsp3) is 0.438. The molecule has 0 saturated carbocycles. The predicted molar refractivity (Wildman–Crippen MR) is 83.0 cm³/mol. The van der Waals surface area contributed by atoms with Crippen LogP contribution in [0.5, 0.6) is 0 Å². The van der Waals surface area contributed by atoms with E-state index in [1.54, 1.807) is 17.1 Å². The molecule has 0 spiro atoms. The highest BCUT2D eigenvalue weighted by molar-refractivity contribution is 5.76. The first-order valence-electron chi connectivity index (χ1n) is 7.61. The largest absolute Gasteiger partial charge is 0.333 e. The zero-order chi connectivity index (χ0) is 15.4. The molecule has 1 saturated heterocycles. The number of aryl methyl sites for hydroxylation is 1. The van der Waals surface area contributed by atoms with Crippen LogP contribution in [0.1, 0.15) is 18.0 Å². The zero-order valence-electron chi connectivity index (χ0n) is 12.8. The van der Waals surface area contributed by atoms with E-state index in [9.17, 15) is 4.79 Å². The Morgan fingerprint density at radius 3 is 2.82 bits per heavy atom. The number of amides is 1. The van der Waals surface area contributed by atoms with Crippen LogP contribution >= 0.6 is 0 Å². The molecule has 1 aliphatic heterocycles. The molecule has 3 rings (SSSR count). The van der Waals surface area contributed by atoms with Crippen LogP contribution in [0.2, 0.25) is 0 Å². The highest BCUT2D eigenvalue weighted by Crippen LogP contribution is 2.25. The molecule has 1 fully saturated rings. The minimum Gasteiger partial charge on any atom is -0.333 e. The van der Waals surface area contributed by atoms with Crippen LogP contribution in [-0.4, -0.2) is 57.4 Å². The second kappa shape index (κ2) is 6.70. The van der Waals surface area contributed by atoms with Gasteiger partial charge >= 0.3 is 0 Å². The van der Waals surface area contributed by atoms with E-state index < -0.39 is 0 Å². The topological polar surface area (TPSA) is 54.3 Å². The maximum absolute atomic E-state index is 12.6. The van der Waals surface area contributed by atoms with Crippen LogP contribution in [0.4, 0.5) is 0 Å². The molecular weight excluding hydrogens is 278 g/mol. The molecule has 22 heavy (non-hydrogen) atoms. The number of hydrogen-bond donors (Lipinski definition) is 0. The third-order valence-electron chi connectivity index (χ3n) is 4.11. The standard InChI is InChI=1S/C16H21N5O/c1-19-11-12-21(15(13-19)14-5-3-2-4-6-14)16(22)7-9-20-10-8-17-18-20/h2-6,8,10,15H,7,9,11-13H2,1H3. The van der Waals surface area contributed by atoms with Crippen LogP contribution in [0.15, 0.2) is 42.7 Å². The first kappa shape index (κ1) is 14.7. The first-order valence-corrected chi connectivity index (χ1v) is 7.61. The summed E-state index contributed by atoms with van der Waals surface area (Å²) in [5, 5.41) is 7.68. The Hall–Kier alpha value is -2.21. The molecule has 116 valence electrons. The molecule has 0 N–H and O–H groups in total. The van der Waals surface area contributed by atoms with Crippen molar-refractivity contribution in [2.75, 3.05) is 26.7 Å². The minimum absolute atomic E-state index is 0.128. The molecule has 1 aromatic heterocycles.